The van der Waals surface area contributed by atoms with Crippen molar-refractivity contribution < 1.29 is 13.6 Å². The largest absolute Gasteiger partial charge is 0.323 e. The van der Waals surface area contributed by atoms with Crippen LogP contribution >= 0.6 is 35.3 Å². The Labute approximate surface area is 181 Å². The van der Waals surface area contributed by atoms with Crippen LogP contribution in [0.25, 0.3) is 16.0 Å². The van der Waals surface area contributed by atoms with E-state index in [0.717, 1.165) is 47.0 Å². The fourth-order valence-electron chi connectivity index (χ4n) is 2.68. The van der Waals surface area contributed by atoms with Crippen molar-refractivity contribution in [3.8, 4) is 5.69 Å². The van der Waals surface area contributed by atoms with Crippen molar-refractivity contribution in [2.24, 2.45) is 0 Å². The number of nitrogens with zero attached hydrogens (tertiary/aromatic N) is 2. The van der Waals surface area contributed by atoms with E-state index in [1.807, 2.05) is 30.3 Å². The number of anilines is 1. The number of hydrogen-bond acceptors (Lipinski definition) is 6. The van der Waals surface area contributed by atoms with E-state index in [1.165, 1.54) is 0 Å². The third kappa shape index (κ3) is 4.18. The van der Waals surface area contributed by atoms with E-state index < -0.39 is 17.5 Å². The number of thioether (sulfide) groups is 1. The summed E-state index contributed by atoms with van der Waals surface area (Å²) in [4.78, 5) is 31.7. The molecule has 0 saturated carbocycles. The zero-order valence-corrected chi connectivity index (χ0v) is 17.5. The van der Waals surface area contributed by atoms with Crippen LogP contribution in [0.4, 0.5) is 14.5 Å². The number of para-hydroxylation sites is 1. The van der Waals surface area contributed by atoms with Crippen LogP contribution in [0.1, 0.15) is 0 Å². The van der Waals surface area contributed by atoms with Crippen molar-refractivity contribution in [3.05, 3.63) is 74.5 Å². The molecule has 1 amide bonds. The van der Waals surface area contributed by atoms with E-state index >= 15 is 0 Å². The molecular formula is C19H12F2N4O2S3. The van der Waals surface area contributed by atoms with E-state index in [-0.39, 0.29) is 22.2 Å². The Bertz CT molecular complexity index is 1370. The molecule has 0 aliphatic carbocycles. The number of halogens is 2. The molecule has 0 saturated heterocycles. The van der Waals surface area contributed by atoms with Gasteiger partial charge in [-0.1, -0.05) is 41.3 Å². The summed E-state index contributed by atoms with van der Waals surface area (Å²) in [5.41, 5.74) is 0.527. The first-order chi connectivity index (χ1) is 14.4. The molecule has 4 aromatic rings. The van der Waals surface area contributed by atoms with Crippen molar-refractivity contribution in [1.29, 1.82) is 0 Å². The first-order valence-corrected chi connectivity index (χ1v) is 10.7. The molecule has 4 rings (SSSR count). The Morgan fingerprint density at radius 2 is 2.00 bits per heavy atom. The molecule has 2 heterocycles. The van der Waals surface area contributed by atoms with Gasteiger partial charge in [0.1, 0.15) is 16.3 Å². The highest BCUT2D eigenvalue weighted by Gasteiger charge is 2.15. The standard InChI is InChI=1S/C19H12F2N4O2S3/c20-10-6-7-12(21)13(8-10)22-14(26)9-29-18-23-16-15(17(27)24-18)30-19(28)25(16)11-4-2-1-3-5-11/h1-8H,9H2,(H,22,26)(H,23,24,27). The van der Waals surface area contributed by atoms with Gasteiger partial charge in [0, 0.05) is 11.8 Å². The van der Waals surface area contributed by atoms with Crippen LogP contribution < -0.4 is 10.9 Å². The van der Waals surface area contributed by atoms with Crippen molar-refractivity contribution in [2.45, 2.75) is 5.16 Å². The fraction of sp³-hybridized carbons (Fsp3) is 0.0526. The third-order valence-electron chi connectivity index (χ3n) is 3.98. The number of nitrogens with one attached hydrogen (secondary N) is 2. The Morgan fingerprint density at radius 1 is 1.23 bits per heavy atom. The quantitative estimate of drug-likeness (QED) is 0.259. The number of thiazole rings is 1. The molecule has 6 nitrogen and oxygen atoms in total. The van der Waals surface area contributed by atoms with Crippen LogP contribution in [0, 0.1) is 15.6 Å². The molecule has 0 spiro atoms. The van der Waals surface area contributed by atoms with Crippen LogP contribution in [0.5, 0.6) is 0 Å². The van der Waals surface area contributed by atoms with E-state index in [0.29, 0.717) is 14.3 Å². The van der Waals surface area contributed by atoms with E-state index in [1.54, 1.807) is 4.57 Å². The third-order valence-corrected chi connectivity index (χ3v) is 6.21. The van der Waals surface area contributed by atoms with E-state index in [4.69, 9.17) is 12.2 Å². The summed E-state index contributed by atoms with van der Waals surface area (Å²) in [6, 6.07) is 12.0. The van der Waals surface area contributed by atoms with Gasteiger partial charge in [-0.2, -0.15) is 0 Å². The molecule has 0 bridgehead atoms. The monoisotopic (exact) mass is 462 g/mol. The number of benzene rings is 2. The predicted octanol–water partition coefficient (Wildman–Crippen LogP) is 4.51. The van der Waals surface area contributed by atoms with Gasteiger partial charge in [0.15, 0.2) is 14.8 Å². The summed E-state index contributed by atoms with van der Waals surface area (Å²) < 4.78 is 29.4. The van der Waals surface area contributed by atoms with E-state index in [2.05, 4.69) is 15.3 Å². The minimum Gasteiger partial charge on any atom is -0.323 e. The lowest BCUT2D eigenvalue weighted by Gasteiger charge is -2.07. The molecule has 0 aliphatic heterocycles. The normalized spacial score (nSPS) is 11.0. The first kappa shape index (κ1) is 20.4. The van der Waals surface area contributed by atoms with Crippen LogP contribution in [-0.2, 0) is 4.79 Å². The number of aromatic nitrogens is 3. The predicted molar refractivity (Wildman–Crippen MR) is 116 cm³/mol. The van der Waals surface area contributed by atoms with Gasteiger partial charge >= 0.3 is 0 Å². The van der Waals surface area contributed by atoms with Gasteiger partial charge in [-0.3, -0.25) is 14.2 Å². The number of rotatable bonds is 5. The number of carbonyl (C=O) groups excluding carboxylic acids is 1. The summed E-state index contributed by atoms with van der Waals surface area (Å²) in [7, 11) is 0. The molecule has 2 N–H and O–H groups in total. The lowest BCUT2D eigenvalue weighted by molar-refractivity contribution is -0.113. The molecule has 0 atom stereocenters. The van der Waals surface area contributed by atoms with Crippen LogP contribution in [0.15, 0.2) is 58.5 Å². The lowest BCUT2D eigenvalue weighted by Crippen LogP contribution is -2.16. The van der Waals surface area contributed by atoms with Crippen molar-refractivity contribution in [3.63, 3.8) is 0 Å². The van der Waals surface area contributed by atoms with Crippen LogP contribution in [-0.4, -0.2) is 26.2 Å². The molecule has 0 unspecified atom stereocenters. The maximum atomic E-state index is 13.7. The fourth-order valence-corrected chi connectivity index (χ4v) is 4.61. The number of hydrogen-bond donors (Lipinski definition) is 2. The average molecular weight is 463 g/mol. The van der Waals surface area contributed by atoms with Crippen molar-refractivity contribution in [2.75, 3.05) is 11.1 Å². The summed E-state index contributed by atoms with van der Waals surface area (Å²) in [6.07, 6.45) is 0. The zero-order chi connectivity index (χ0) is 21.3. The molecule has 0 fully saturated rings. The minimum atomic E-state index is -0.747. The SMILES string of the molecule is O=C(CSc1nc2c(sc(=S)n2-c2ccccc2)c(=O)[nH]1)Nc1cc(F)ccc1F. The van der Waals surface area contributed by atoms with E-state index in [9.17, 15) is 18.4 Å². The van der Waals surface area contributed by atoms with Gasteiger partial charge in [0.25, 0.3) is 5.56 Å². The Kier molecular flexibility index (Phi) is 5.75. The van der Waals surface area contributed by atoms with Crippen LogP contribution in [0.3, 0.4) is 0 Å². The highest BCUT2D eigenvalue weighted by atomic mass is 32.2. The molecule has 0 aliphatic rings. The molecule has 11 heteroatoms. The second kappa shape index (κ2) is 8.46. The van der Waals surface area contributed by atoms with Crippen LogP contribution in [0.2, 0.25) is 0 Å². The summed E-state index contributed by atoms with van der Waals surface area (Å²) in [5.74, 6) is -2.15. The Morgan fingerprint density at radius 3 is 2.77 bits per heavy atom. The lowest BCUT2D eigenvalue weighted by atomic mass is 10.3. The number of fused-ring (bicyclic) bond motifs is 1. The van der Waals surface area contributed by atoms with Gasteiger partial charge in [0.05, 0.1) is 11.4 Å². The topological polar surface area (TPSA) is 79.8 Å². The smallest absolute Gasteiger partial charge is 0.271 e. The number of aromatic amines is 1. The Balaban J connectivity index is 1.59. The minimum absolute atomic E-state index is 0.166. The molecule has 2 aromatic heterocycles. The summed E-state index contributed by atoms with van der Waals surface area (Å²) in [6.45, 7) is 0. The summed E-state index contributed by atoms with van der Waals surface area (Å²) >= 11 is 7.50. The molecule has 30 heavy (non-hydrogen) atoms. The van der Waals surface area contributed by atoms with Gasteiger partial charge < -0.3 is 10.3 Å². The number of amides is 1. The first-order valence-electron chi connectivity index (χ1n) is 8.51. The number of H-pyrrole nitrogens is 1. The second-order valence-corrected chi connectivity index (χ2v) is 8.63. The average Bonchev–Trinajstić information content (AvgIpc) is 3.06. The van der Waals surface area contributed by atoms with Gasteiger partial charge in [-0.15, -0.1) is 0 Å². The number of carbonyl (C=O) groups is 1. The van der Waals surface area contributed by atoms with Crippen molar-refractivity contribution in [1.82, 2.24) is 14.5 Å². The molecule has 152 valence electrons. The summed E-state index contributed by atoms with van der Waals surface area (Å²) in [5, 5.41) is 2.51. The van der Waals surface area contributed by atoms with Gasteiger partial charge in [-0.25, -0.2) is 13.8 Å². The highest BCUT2D eigenvalue weighted by Crippen LogP contribution is 2.24. The Hall–Kier alpha value is -2.89. The molecular weight excluding hydrogens is 450 g/mol. The second-order valence-electron chi connectivity index (χ2n) is 6.02. The van der Waals surface area contributed by atoms with Crippen molar-refractivity contribution >= 4 is 57.3 Å². The van der Waals surface area contributed by atoms with Gasteiger partial charge in [-0.05, 0) is 36.5 Å². The highest BCUT2D eigenvalue weighted by molar-refractivity contribution is 7.99. The maximum absolute atomic E-state index is 13.7. The molecule has 0 radical (unpaired) electrons. The maximum Gasteiger partial charge on any atom is 0.271 e. The van der Waals surface area contributed by atoms with Gasteiger partial charge in [0.2, 0.25) is 5.91 Å². The molecule has 2 aromatic carbocycles. The zero-order valence-electron chi connectivity index (χ0n) is 15.0.